The number of nitrogens with zero attached hydrogens (tertiary/aromatic N) is 1. The molecule has 2 aromatic carbocycles. The Morgan fingerprint density at radius 3 is 2.50 bits per heavy atom. The number of carboxylic acid groups (broad SMARTS) is 1. The molecule has 2 N–H and O–H groups in total. The van der Waals surface area contributed by atoms with Crippen LogP contribution >= 0.6 is 15.9 Å². The number of aryl methyl sites for hydroxylation is 2. The zero-order chi connectivity index (χ0) is 20.3. The van der Waals surface area contributed by atoms with E-state index in [4.69, 9.17) is 5.11 Å². The maximum absolute atomic E-state index is 12.5. The first kappa shape index (κ1) is 20.6. The molecule has 0 bridgehead atoms. The van der Waals surface area contributed by atoms with E-state index in [2.05, 4.69) is 20.7 Å². The number of carboxylic acids is 1. The van der Waals surface area contributed by atoms with Crippen molar-refractivity contribution in [2.24, 2.45) is 0 Å². The molecule has 0 unspecified atom stereocenters. The van der Waals surface area contributed by atoms with Crippen LogP contribution in [0.5, 0.6) is 0 Å². The number of nitrogens with one attached hydrogen (secondary N) is 1. The molecule has 0 atom stereocenters. The van der Waals surface area contributed by atoms with Crippen molar-refractivity contribution in [3.8, 4) is 0 Å². The molecule has 3 rings (SSSR count). The summed E-state index contributed by atoms with van der Waals surface area (Å²) in [7, 11) is -3.58. The molecule has 0 saturated heterocycles. The van der Waals surface area contributed by atoms with Gasteiger partial charge in [0.25, 0.3) is 0 Å². The van der Waals surface area contributed by atoms with Crippen LogP contribution in [0.2, 0.25) is 0 Å². The van der Waals surface area contributed by atoms with Crippen molar-refractivity contribution in [3.63, 3.8) is 0 Å². The number of rotatable bonds is 8. The molecule has 0 aliphatic heterocycles. The Hall–Kier alpha value is -2.16. The Morgan fingerprint density at radius 2 is 1.82 bits per heavy atom. The highest BCUT2D eigenvalue weighted by atomic mass is 79.9. The minimum atomic E-state index is -3.58. The Kier molecular flexibility index (Phi) is 6.22. The topological polar surface area (TPSA) is 88.4 Å². The number of hydrogen-bond acceptors (Lipinski definition) is 3. The molecular weight excluding hydrogens is 444 g/mol. The first-order chi connectivity index (χ1) is 13.3. The van der Waals surface area contributed by atoms with Crippen LogP contribution in [-0.4, -0.2) is 30.6 Å². The van der Waals surface area contributed by atoms with Gasteiger partial charge in [-0.15, -0.1) is 0 Å². The lowest BCUT2D eigenvalue weighted by Gasteiger charge is -2.08. The maximum atomic E-state index is 12.5. The van der Waals surface area contributed by atoms with Crippen molar-refractivity contribution in [1.82, 2.24) is 9.29 Å². The summed E-state index contributed by atoms with van der Waals surface area (Å²) >= 11 is 3.57. The third-order valence-corrected chi connectivity index (χ3v) is 6.94. The van der Waals surface area contributed by atoms with Gasteiger partial charge >= 0.3 is 5.97 Å². The second-order valence-corrected chi connectivity index (χ2v) is 9.06. The molecule has 28 heavy (non-hydrogen) atoms. The van der Waals surface area contributed by atoms with Crippen LogP contribution in [0, 0.1) is 6.92 Å². The zero-order valence-corrected chi connectivity index (χ0v) is 17.8. The highest BCUT2D eigenvalue weighted by molar-refractivity contribution is 9.10. The lowest BCUT2D eigenvalue weighted by Crippen LogP contribution is -2.26. The standard InChI is InChI=1S/C20H21BrN2O4S/c1-14-6-8-15(9-7-14)28(26,27)22-12-10-17-16-4-2-3-5-18(16)23(20(17)21)13-11-19(24)25/h2-9,22H,10-13H2,1H3,(H,24,25). The van der Waals surface area contributed by atoms with E-state index in [0.717, 1.165) is 26.6 Å². The number of benzene rings is 2. The zero-order valence-electron chi connectivity index (χ0n) is 15.4. The number of hydrogen-bond donors (Lipinski definition) is 2. The van der Waals surface area contributed by atoms with Gasteiger partial charge in [0.2, 0.25) is 10.0 Å². The van der Waals surface area contributed by atoms with Crippen molar-refractivity contribution in [2.75, 3.05) is 6.54 Å². The van der Waals surface area contributed by atoms with E-state index >= 15 is 0 Å². The molecule has 0 radical (unpaired) electrons. The average molecular weight is 465 g/mol. The second kappa shape index (κ2) is 8.46. The fourth-order valence-electron chi connectivity index (χ4n) is 3.12. The van der Waals surface area contributed by atoms with Gasteiger partial charge in [0.1, 0.15) is 0 Å². The van der Waals surface area contributed by atoms with Crippen molar-refractivity contribution >= 4 is 42.8 Å². The van der Waals surface area contributed by atoms with Crippen LogP contribution in [0.1, 0.15) is 17.5 Å². The third-order valence-electron chi connectivity index (χ3n) is 4.55. The molecule has 8 heteroatoms. The number of aromatic nitrogens is 1. The maximum Gasteiger partial charge on any atom is 0.305 e. The summed E-state index contributed by atoms with van der Waals surface area (Å²) < 4.78 is 30.3. The number of sulfonamides is 1. The van der Waals surface area contributed by atoms with Gasteiger partial charge in [-0.05, 0) is 53.0 Å². The van der Waals surface area contributed by atoms with Gasteiger partial charge < -0.3 is 9.67 Å². The van der Waals surface area contributed by atoms with E-state index in [1.165, 1.54) is 0 Å². The van der Waals surface area contributed by atoms with Gasteiger partial charge in [-0.25, -0.2) is 13.1 Å². The van der Waals surface area contributed by atoms with E-state index in [0.29, 0.717) is 13.0 Å². The SMILES string of the molecule is Cc1ccc(S(=O)(=O)NCCc2c(Br)n(CCC(=O)O)c3ccccc23)cc1. The summed E-state index contributed by atoms with van der Waals surface area (Å²) in [6.07, 6.45) is 0.489. The number of fused-ring (bicyclic) bond motifs is 1. The third kappa shape index (κ3) is 4.45. The monoisotopic (exact) mass is 464 g/mol. The first-order valence-electron chi connectivity index (χ1n) is 8.83. The van der Waals surface area contributed by atoms with Gasteiger partial charge in [0.05, 0.1) is 15.9 Å². The second-order valence-electron chi connectivity index (χ2n) is 6.54. The van der Waals surface area contributed by atoms with Gasteiger partial charge in [0.15, 0.2) is 0 Å². The van der Waals surface area contributed by atoms with E-state index in [1.807, 2.05) is 35.8 Å². The molecule has 3 aromatic rings. The highest BCUT2D eigenvalue weighted by Gasteiger charge is 2.17. The lowest BCUT2D eigenvalue weighted by molar-refractivity contribution is -0.137. The number of carbonyl (C=O) groups is 1. The van der Waals surface area contributed by atoms with Crippen molar-refractivity contribution in [3.05, 3.63) is 64.3 Å². The number of halogens is 1. The molecule has 148 valence electrons. The Bertz CT molecular complexity index is 1110. The van der Waals surface area contributed by atoms with Crippen LogP contribution in [0.3, 0.4) is 0 Å². The van der Waals surface area contributed by atoms with Crippen LogP contribution in [0.4, 0.5) is 0 Å². The van der Waals surface area contributed by atoms with E-state index in [-0.39, 0.29) is 17.9 Å². The lowest BCUT2D eigenvalue weighted by atomic mass is 10.1. The molecule has 0 spiro atoms. The minimum absolute atomic E-state index is 0.0107. The van der Waals surface area contributed by atoms with Crippen LogP contribution < -0.4 is 4.72 Å². The molecule has 0 saturated carbocycles. The summed E-state index contributed by atoms with van der Waals surface area (Å²) in [5.41, 5.74) is 2.87. The highest BCUT2D eigenvalue weighted by Crippen LogP contribution is 2.31. The molecule has 1 heterocycles. The van der Waals surface area contributed by atoms with E-state index in [1.54, 1.807) is 24.3 Å². The predicted octanol–water partition coefficient (Wildman–Crippen LogP) is 3.71. The van der Waals surface area contributed by atoms with E-state index < -0.39 is 16.0 Å². The molecule has 1 aromatic heterocycles. The fraction of sp³-hybridized carbons (Fsp3) is 0.250. The summed E-state index contributed by atoms with van der Waals surface area (Å²) in [6, 6.07) is 14.4. The summed E-state index contributed by atoms with van der Waals surface area (Å²) in [6.45, 7) is 2.48. The molecule has 0 amide bonds. The molecule has 0 aliphatic rings. The largest absolute Gasteiger partial charge is 0.481 e. The minimum Gasteiger partial charge on any atom is -0.481 e. The van der Waals surface area contributed by atoms with Crippen LogP contribution in [0.25, 0.3) is 10.9 Å². The average Bonchev–Trinajstić information content (AvgIpc) is 2.92. The Labute approximate surface area is 172 Å². The summed E-state index contributed by atoms with van der Waals surface area (Å²) in [5, 5.41) is 9.98. The Morgan fingerprint density at radius 1 is 1.14 bits per heavy atom. The quantitative estimate of drug-likeness (QED) is 0.531. The van der Waals surface area contributed by atoms with Crippen LogP contribution in [-0.2, 0) is 27.8 Å². The molecular formula is C20H21BrN2O4S. The smallest absolute Gasteiger partial charge is 0.305 e. The Balaban J connectivity index is 1.80. The molecule has 0 fully saturated rings. The van der Waals surface area contributed by atoms with Crippen LogP contribution in [0.15, 0.2) is 58.0 Å². The van der Waals surface area contributed by atoms with Crippen molar-refractivity contribution in [2.45, 2.75) is 31.2 Å². The predicted molar refractivity (Wildman–Crippen MR) is 112 cm³/mol. The van der Waals surface area contributed by atoms with E-state index in [9.17, 15) is 13.2 Å². The van der Waals surface area contributed by atoms with Crippen molar-refractivity contribution < 1.29 is 18.3 Å². The van der Waals surface area contributed by atoms with Gasteiger partial charge in [-0.1, -0.05) is 35.9 Å². The molecule has 6 nitrogen and oxygen atoms in total. The normalized spacial score (nSPS) is 11.8. The first-order valence-corrected chi connectivity index (χ1v) is 11.1. The van der Waals surface area contributed by atoms with Crippen molar-refractivity contribution in [1.29, 1.82) is 0 Å². The summed E-state index contributed by atoms with van der Waals surface area (Å²) in [5.74, 6) is -0.864. The fourth-order valence-corrected chi connectivity index (χ4v) is 4.93. The molecule has 0 aliphatic carbocycles. The van der Waals surface area contributed by atoms with Gasteiger partial charge in [-0.3, -0.25) is 4.79 Å². The van der Waals surface area contributed by atoms with Gasteiger partial charge in [0, 0.05) is 24.0 Å². The van der Waals surface area contributed by atoms with Gasteiger partial charge in [-0.2, -0.15) is 0 Å². The number of aliphatic carboxylic acids is 1. The summed E-state index contributed by atoms with van der Waals surface area (Å²) in [4.78, 5) is 11.2. The number of para-hydroxylation sites is 1.